The first-order chi connectivity index (χ1) is 7.87. The van der Waals surface area contributed by atoms with Crippen LogP contribution in [0.15, 0.2) is 0 Å². The predicted molar refractivity (Wildman–Crippen MR) is 73.4 cm³/mol. The van der Waals surface area contributed by atoms with Gasteiger partial charge in [-0.05, 0) is 60.0 Å². The third kappa shape index (κ3) is 7.02. The molecule has 0 aliphatic carbocycles. The molecular formula is C14H30N2O. The zero-order valence-electron chi connectivity index (χ0n) is 12.3. The molecule has 0 aromatic heterocycles. The van der Waals surface area contributed by atoms with Crippen LogP contribution in [0.2, 0.25) is 0 Å². The topological polar surface area (TPSA) is 24.5 Å². The van der Waals surface area contributed by atoms with Crippen LogP contribution in [-0.4, -0.2) is 49.3 Å². The molecule has 102 valence electrons. The highest BCUT2D eigenvalue weighted by molar-refractivity contribution is 4.80. The summed E-state index contributed by atoms with van der Waals surface area (Å²) >= 11 is 0. The van der Waals surface area contributed by atoms with Gasteiger partial charge in [-0.1, -0.05) is 0 Å². The lowest BCUT2D eigenvalue weighted by molar-refractivity contribution is 0.0628. The Morgan fingerprint density at radius 2 is 2.06 bits per heavy atom. The van der Waals surface area contributed by atoms with Gasteiger partial charge in [0.15, 0.2) is 0 Å². The smallest absolute Gasteiger partial charge is 0.0596 e. The Hall–Kier alpha value is -0.120. The molecule has 17 heavy (non-hydrogen) atoms. The zero-order valence-corrected chi connectivity index (χ0v) is 12.3. The van der Waals surface area contributed by atoms with E-state index in [-0.39, 0.29) is 5.54 Å². The predicted octanol–water partition coefficient (Wildman–Crippen LogP) is 2.12. The van der Waals surface area contributed by atoms with E-state index in [1.165, 1.54) is 19.5 Å². The van der Waals surface area contributed by atoms with Crippen molar-refractivity contribution in [1.82, 2.24) is 10.2 Å². The minimum Gasteiger partial charge on any atom is -0.377 e. The minimum atomic E-state index is 0.244. The molecule has 1 heterocycles. The number of hydrogen-bond acceptors (Lipinski definition) is 3. The maximum atomic E-state index is 5.60. The fourth-order valence-electron chi connectivity index (χ4n) is 2.15. The van der Waals surface area contributed by atoms with Gasteiger partial charge in [0, 0.05) is 18.6 Å². The third-order valence-corrected chi connectivity index (χ3v) is 3.15. The van der Waals surface area contributed by atoms with Gasteiger partial charge >= 0.3 is 0 Å². The first-order valence-electron chi connectivity index (χ1n) is 6.96. The summed E-state index contributed by atoms with van der Waals surface area (Å²) in [4.78, 5) is 2.53. The fraction of sp³-hybridized carbons (Fsp3) is 1.00. The van der Waals surface area contributed by atoms with Gasteiger partial charge in [-0.2, -0.15) is 0 Å². The highest BCUT2D eigenvalue weighted by Gasteiger charge is 2.23. The monoisotopic (exact) mass is 242 g/mol. The van der Waals surface area contributed by atoms with Gasteiger partial charge < -0.3 is 15.0 Å². The maximum absolute atomic E-state index is 5.60. The van der Waals surface area contributed by atoms with Crippen molar-refractivity contribution in [1.29, 1.82) is 0 Å². The number of ether oxygens (including phenoxy) is 1. The molecule has 3 heteroatoms. The summed E-state index contributed by atoms with van der Waals surface area (Å²) in [7, 11) is 0. The number of nitrogens with zero attached hydrogens (tertiary/aromatic N) is 1. The van der Waals surface area contributed by atoms with E-state index >= 15 is 0 Å². The molecular weight excluding hydrogens is 212 g/mol. The molecule has 1 unspecified atom stereocenters. The van der Waals surface area contributed by atoms with Gasteiger partial charge in [0.05, 0.1) is 12.7 Å². The van der Waals surface area contributed by atoms with E-state index in [4.69, 9.17) is 4.74 Å². The summed E-state index contributed by atoms with van der Waals surface area (Å²) in [5, 5.41) is 3.60. The van der Waals surface area contributed by atoms with Crippen LogP contribution in [0.3, 0.4) is 0 Å². The molecule has 0 radical (unpaired) electrons. The second kappa shape index (κ2) is 6.72. The highest BCUT2D eigenvalue weighted by atomic mass is 16.5. The summed E-state index contributed by atoms with van der Waals surface area (Å²) in [6, 6.07) is 0. The van der Waals surface area contributed by atoms with Crippen LogP contribution < -0.4 is 5.32 Å². The maximum Gasteiger partial charge on any atom is 0.0596 e. The summed E-state index contributed by atoms with van der Waals surface area (Å²) in [6.45, 7) is 16.5. The number of rotatable bonds is 6. The van der Waals surface area contributed by atoms with Crippen molar-refractivity contribution < 1.29 is 4.74 Å². The van der Waals surface area contributed by atoms with Crippen molar-refractivity contribution in [3.05, 3.63) is 0 Å². The van der Waals surface area contributed by atoms with Gasteiger partial charge in [-0.3, -0.25) is 0 Å². The summed E-state index contributed by atoms with van der Waals surface area (Å²) in [5.74, 6) is 0.813. The Labute approximate surface area is 107 Å². The van der Waals surface area contributed by atoms with Gasteiger partial charge in [-0.15, -0.1) is 0 Å². The molecule has 1 aliphatic heterocycles. The number of likely N-dealkylation sites (tertiary alicyclic amines) is 1. The van der Waals surface area contributed by atoms with E-state index in [9.17, 15) is 0 Å². The molecule has 1 rings (SSSR count). The lowest BCUT2D eigenvalue weighted by Gasteiger charge is -2.23. The van der Waals surface area contributed by atoms with Crippen LogP contribution in [0, 0.1) is 5.92 Å². The normalized spacial score (nSPS) is 22.6. The Morgan fingerprint density at radius 3 is 2.65 bits per heavy atom. The van der Waals surface area contributed by atoms with E-state index in [2.05, 4.69) is 44.8 Å². The van der Waals surface area contributed by atoms with Crippen LogP contribution in [0.25, 0.3) is 0 Å². The number of nitrogens with one attached hydrogen (secondary N) is 1. The lowest BCUT2D eigenvalue weighted by atomic mass is 10.1. The Kier molecular flexibility index (Phi) is 5.90. The van der Waals surface area contributed by atoms with Crippen molar-refractivity contribution in [2.75, 3.05) is 32.8 Å². The summed E-state index contributed by atoms with van der Waals surface area (Å²) < 4.78 is 5.60. The van der Waals surface area contributed by atoms with E-state index in [1.54, 1.807) is 0 Å². The van der Waals surface area contributed by atoms with Crippen molar-refractivity contribution >= 4 is 0 Å². The van der Waals surface area contributed by atoms with Crippen molar-refractivity contribution in [3.63, 3.8) is 0 Å². The van der Waals surface area contributed by atoms with Crippen LogP contribution >= 0.6 is 0 Å². The SMILES string of the molecule is CC(C)OCCN1CCC(CNC(C)(C)C)C1. The summed E-state index contributed by atoms with van der Waals surface area (Å²) in [5.41, 5.74) is 0.244. The van der Waals surface area contributed by atoms with Crippen molar-refractivity contribution in [3.8, 4) is 0 Å². The van der Waals surface area contributed by atoms with Gasteiger partial charge in [-0.25, -0.2) is 0 Å². The highest BCUT2D eigenvalue weighted by Crippen LogP contribution is 2.16. The first kappa shape index (κ1) is 14.9. The molecule has 1 saturated heterocycles. The van der Waals surface area contributed by atoms with E-state index in [1.807, 2.05) is 0 Å². The molecule has 0 amide bonds. The summed E-state index contributed by atoms with van der Waals surface area (Å²) in [6.07, 6.45) is 1.68. The van der Waals surface area contributed by atoms with Crippen LogP contribution in [0.4, 0.5) is 0 Å². The van der Waals surface area contributed by atoms with Crippen molar-refractivity contribution in [2.24, 2.45) is 5.92 Å². The lowest BCUT2D eigenvalue weighted by Crippen LogP contribution is -2.39. The molecule has 0 saturated carbocycles. The molecule has 1 atom stereocenters. The molecule has 0 bridgehead atoms. The Bertz CT molecular complexity index is 211. The second-order valence-corrected chi connectivity index (χ2v) is 6.51. The van der Waals surface area contributed by atoms with E-state index in [0.717, 1.165) is 25.6 Å². The Balaban J connectivity index is 2.10. The molecule has 0 aromatic carbocycles. The van der Waals surface area contributed by atoms with E-state index in [0.29, 0.717) is 6.10 Å². The average Bonchev–Trinajstić information content (AvgIpc) is 2.61. The number of hydrogen-bond donors (Lipinski definition) is 1. The van der Waals surface area contributed by atoms with Gasteiger partial charge in [0.25, 0.3) is 0 Å². The average molecular weight is 242 g/mol. The van der Waals surface area contributed by atoms with Crippen molar-refractivity contribution in [2.45, 2.75) is 52.7 Å². The largest absolute Gasteiger partial charge is 0.377 e. The van der Waals surface area contributed by atoms with Gasteiger partial charge in [0.2, 0.25) is 0 Å². The zero-order chi connectivity index (χ0) is 12.9. The van der Waals surface area contributed by atoms with Crippen LogP contribution in [0.5, 0.6) is 0 Å². The second-order valence-electron chi connectivity index (χ2n) is 6.51. The molecule has 0 aromatic rings. The molecule has 0 spiro atoms. The Morgan fingerprint density at radius 1 is 1.35 bits per heavy atom. The quantitative estimate of drug-likeness (QED) is 0.772. The fourth-order valence-corrected chi connectivity index (χ4v) is 2.15. The molecule has 3 nitrogen and oxygen atoms in total. The van der Waals surface area contributed by atoms with Crippen LogP contribution in [-0.2, 0) is 4.74 Å². The standard InChI is InChI=1S/C14H30N2O/c1-12(2)17-9-8-16-7-6-13(11-16)10-15-14(3,4)5/h12-13,15H,6-11H2,1-5H3. The van der Waals surface area contributed by atoms with Gasteiger partial charge in [0.1, 0.15) is 0 Å². The van der Waals surface area contributed by atoms with E-state index < -0.39 is 0 Å². The minimum absolute atomic E-state index is 0.244. The molecule has 1 aliphatic rings. The third-order valence-electron chi connectivity index (χ3n) is 3.15. The first-order valence-corrected chi connectivity index (χ1v) is 6.96. The molecule has 1 N–H and O–H groups in total. The van der Waals surface area contributed by atoms with Crippen LogP contribution in [0.1, 0.15) is 41.0 Å². The molecule has 1 fully saturated rings.